The average molecular weight is 516 g/mol. The van der Waals surface area contributed by atoms with E-state index in [1.165, 1.54) is 12.1 Å². The predicted octanol–water partition coefficient (Wildman–Crippen LogP) is 2.41. The summed E-state index contributed by atoms with van der Waals surface area (Å²) in [6.07, 6.45) is 0.844. The summed E-state index contributed by atoms with van der Waals surface area (Å²) in [5, 5.41) is 5.33. The minimum absolute atomic E-state index is 0.0591. The van der Waals surface area contributed by atoms with E-state index in [-0.39, 0.29) is 35.5 Å². The lowest BCUT2D eigenvalue weighted by molar-refractivity contribution is -0.128. The van der Waals surface area contributed by atoms with Crippen LogP contribution in [0.1, 0.15) is 57.1 Å². The Bertz CT molecular complexity index is 1190. The standard InChI is InChI=1S/C26H33N3O6S/c1-4-22(35-23-8-6-5-7-20(23)17(2)3)26(32)27-16-15-18-9-11-19(12-10-18)36(33,34)29-25(31)21-13-14-24(30)28-21/h5-12,17,21-22H,4,13-16H2,1-3H3,(H,27,32)(H,28,30)(H,29,31). The van der Waals surface area contributed by atoms with E-state index >= 15 is 0 Å². The number of carbonyl (C=O) groups excluding carboxylic acids is 3. The first-order chi connectivity index (χ1) is 17.1. The van der Waals surface area contributed by atoms with Gasteiger partial charge in [0.15, 0.2) is 6.10 Å². The first kappa shape index (κ1) is 27.2. The van der Waals surface area contributed by atoms with Crippen LogP contribution in [0.4, 0.5) is 0 Å². The fourth-order valence-electron chi connectivity index (χ4n) is 3.89. The SMILES string of the molecule is CCC(Oc1ccccc1C(C)C)C(=O)NCCc1ccc(S(=O)(=O)NC(=O)C2CCC(=O)N2)cc1. The Labute approximate surface area is 212 Å². The van der Waals surface area contributed by atoms with Crippen molar-refractivity contribution in [1.29, 1.82) is 0 Å². The van der Waals surface area contributed by atoms with Crippen molar-refractivity contribution in [3.05, 3.63) is 59.7 Å². The summed E-state index contributed by atoms with van der Waals surface area (Å²) < 4.78 is 33.0. The number of carbonyl (C=O) groups is 3. The number of para-hydroxylation sites is 1. The number of rotatable bonds is 11. The number of nitrogens with one attached hydrogen (secondary N) is 3. The summed E-state index contributed by atoms with van der Waals surface area (Å²) in [6, 6.07) is 12.9. The van der Waals surface area contributed by atoms with Crippen molar-refractivity contribution < 1.29 is 27.5 Å². The summed E-state index contributed by atoms with van der Waals surface area (Å²) in [6.45, 7) is 6.39. The van der Waals surface area contributed by atoms with Gasteiger partial charge in [0.05, 0.1) is 4.90 Å². The zero-order valence-electron chi connectivity index (χ0n) is 20.7. The van der Waals surface area contributed by atoms with E-state index in [2.05, 4.69) is 24.5 Å². The molecule has 36 heavy (non-hydrogen) atoms. The maximum atomic E-state index is 12.7. The highest BCUT2D eigenvalue weighted by molar-refractivity contribution is 7.90. The van der Waals surface area contributed by atoms with Gasteiger partial charge in [-0.05, 0) is 54.5 Å². The summed E-state index contributed by atoms with van der Waals surface area (Å²) in [7, 11) is -4.06. The van der Waals surface area contributed by atoms with Gasteiger partial charge < -0.3 is 15.4 Å². The van der Waals surface area contributed by atoms with Crippen LogP contribution in [-0.4, -0.2) is 44.8 Å². The Morgan fingerprint density at radius 2 is 1.81 bits per heavy atom. The van der Waals surface area contributed by atoms with E-state index in [4.69, 9.17) is 4.74 Å². The molecule has 3 amide bonds. The van der Waals surface area contributed by atoms with Gasteiger partial charge in [0.1, 0.15) is 11.8 Å². The zero-order valence-corrected chi connectivity index (χ0v) is 21.6. The molecule has 1 heterocycles. The van der Waals surface area contributed by atoms with Crippen LogP contribution in [0.2, 0.25) is 0 Å². The van der Waals surface area contributed by atoms with Crippen LogP contribution in [0.5, 0.6) is 5.75 Å². The largest absolute Gasteiger partial charge is 0.480 e. The van der Waals surface area contributed by atoms with E-state index in [1.54, 1.807) is 12.1 Å². The molecule has 1 aliphatic heterocycles. The zero-order chi connectivity index (χ0) is 26.3. The van der Waals surface area contributed by atoms with Gasteiger partial charge in [-0.15, -0.1) is 0 Å². The number of amides is 3. The number of hydrogen-bond acceptors (Lipinski definition) is 6. The highest BCUT2D eigenvalue weighted by atomic mass is 32.2. The molecule has 2 aromatic rings. The van der Waals surface area contributed by atoms with E-state index < -0.39 is 28.1 Å². The van der Waals surface area contributed by atoms with Crippen LogP contribution < -0.4 is 20.1 Å². The molecule has 2 atom stereocenters. The van der Waals surface area contributed by atoms with Gasteiger partial charge in [-0.2, -0.15) is 0 Å². The molecule has 0 spiro atoms. The van der Waals surface area contributed by atoms with Crippen molar-refractivity contribution in [2.45, 2.75) is 69.4 Å². The molecule has 1 saturated heterocycles. The number of benzene rings is 2. The van der Waals surface area contributed by atoms with E-state index in [0.29, 0.717) is 25.1 Å². The summed E-state index contributed by atoms with van der Waals surface area (Å²) in [5.74, 6) is -0.270. The highest BCUT2D eigenvalue weighted by Crippen LogP contribution is 2.27. The first-order valence-corrected chi connectivity index (χ1v) is 13.6. The maximum absolute atomic E-state index is 12.7. The van der Waals surface area contributed by atoms with E-state index in [9.17, 15) is 22.8 Å². The smallest absolute Gasteiger partial charge is 0.264 e. The van der Waals surface area contributed by atoms with Crippen LogP contribution in [0.15, 0.2) is 53.4 Å². The minimum atomic E-state index is -4.06. The Hall–Kier alpha value is -3.40. The van der Waals surface area contributed by atoms with Crippen LogP contribution in [0.25, 0.3) is 0 Å². The fourth-order valence-corrected chi connectivity index (χ4v) is 4.91. The second kappa shape index (κ2) is 12.0. The number of hydrogen-bond donors (Lipinski definition) is 3. The van der Waals surface area contributed by atoms with Gasteiger partial charge in [-0.3, -0.25) is 14.4 Å². The molecule has 10 heteroatoms. The number of ether oxygens (including phenoxy) is 1. The molecule has 194 valence electrons. The van der Waals surface area contributed by atoms with Gasteiger partial charge in [-0.1, -0.05) is 51.1 Å². The lowest BCUT2D eigenvalue weighted by Crippen LogP contribution is -2.44. The van der Waals surface area contributed by atoms with Gasteiger partial charge in [-0.25, -0.2) is 13.1 Å². The van der Waals surface area contributed by atoms with Crippen LogP contribution in [-0.2, 0) is 30.8 Å². The van der Waals surface area contributed by atoms with Crippen molar-refractivity contribution in [3.63, 3.8) is 0 Å². The molecule has 2 unspecified atom stereocenters. The topological polar surface area (TPSA) is 131 Å². The third-order valence-electron chi connectivity index (χ3n) is 5.97. The molecule has 0 saturated carbocycles. The lowest BCUT2D eigenvalue weighted by Gasteiger charge is -2.20. The molecule has 0 aromatic heterocycles. The average Bonchev–Trinajstić information content (AvgIpc) is 3.29. The van der Waals surface area contributed by atoms with E-state index in [0.717, 1.165) is 11.1 Å². The van der Waals surface area contributed by atoms with Gasteiger partial charge in [0, 0.05) is 13.0 Å². The molecule has 0 bridgehead atoms. The molecular weight excluding hydrogens is 482 g/mol. The van der Waals surface area contributed by atoms with Gasteiger partial charge in [0.25, 0.3) is 21.8 Å². The minimum Gasteiger partial charge on any atom is -0.480 e. The molecule has 1 fully saturated rings. The van der Waals surface area contributed by atoms with Crippen LogP contribution in [0, 0.1) is 0 Å². The van der Waals surface area contributed by atoms with Gasteiger partial charge >= 0.3 is 0 Å². The highest BCUT2D eigenvalue weighted by Gasteiger charge is 2.30. The maximum Gasteiger partial charge on any atom is 0.264 e. The molecule has 2 aromatic carbocycles. The molecular formula is C26H33N3O6S. The molecule has 0 aliphatic carbocycles. The summed E-state index contributed by atoms with van der Waals surface area (Å²) in [4.78, 5) is 36.0. The number of sulfonamides is 1. The van der Waals surface area contributed by atoms with Crippen LogP contribution >= 0.6 is 0 Å². The Morgan fingerprint density at radius 1 is 1.11 bits per heavy atom. The van der Waals surface area contributed by atoms with Gasteiger partial charge in [0.2, 0.25) is 5.91 Å². The van der Waals surface area contributed by atoms with Crippen molar-refractivity contribution in [2.24, 2.45) is 0 Å². The summed E-state index contributed by atoms with van der Waals surface area (Å²) >= 11 is 0. The lowest BCUT2D eigenvalue weighted by atomic mass is 10.0. The summed E-state index contributed by atoms with van der Waals surface area (Å²) in [5.41, 5.74) is 1.87. The van der Waals surface area contributed by atoms with Crippen molar-refractivity contribution in [2.75, 3.05) is 6.54 Å². The van der Waals surface area contributed by atoms with Crippen molar-refractivity contribution in [1.82, 2.24) is 15.4 Å². The Kier molecular flexibility index (Phi) is 9.08. The predicted molar refractivity (Wildman–Crippen MR) is 135 cm³/mol. The Balaban J connectivity index is 1.51. The van der Waals surface area contributed by atoms with Crippen molar-refractivity contribution in [3.8, 4) is 5.75 Å². The Morgan fingerprint density at radius 3 is 2.42 bits per heavy atom. The monoisotopic (exact) mass is 515 g/mol. The van der Waals surface area contributed by atoms with Crippen molar-refractivity contribution >= 4 is 27.7 Å². The second-order valence-corrected chi connectivity index (χ2v) is 10.7. The third kappa shape index (κ3) is 7.07. The fraction of sp³-hybridized carbons (Fsp3) is 0.423. The molecule has 3 rings (SSSR count). The normalized spacial score (nSPS) is 16.3. The molecule has 1 aliphatic rings. The molecule has 9 nitrogen and oxygen atoms in total. The molecule has 3 N–H and O–H groups in total. The third-order valence-corrected chi connectivity index (χ3v) is 7.33. The second-order valence-electron chi connectivity index (χ2n) is 9.02. The quantitative estimate of drug-likeness (QED) is 0.421. The van der Waals surface area contributed by atoms with Crippen LogP contribution in [0.3, 0.4) is 0 Å². The molecule has 0 radical (unpaired) electrons. The van der Waals surface area contributed by atoms with E-state index in [1.807, 2.05) is 35.9 Å². The first-order valence-electron chi connectivity index (χ1n) is 12.1.